The Kier molecular flexibility index (Phi) is 4.41. The molecule has 0 aromatic carbocycles. The summed E-state index contributed by atoms with van der Waals surface area (Å²) in [6.07, 6.45) is 1.70. The summed E-state index contributed by atoms with van der Waals surface area (Å²) in [6.45, 7) is 0.520. The van der Waals surface area contributed by atoms with E-state index in [0.717, 1.165) is 17.9 Å². The summed E-state index contributed by atoms with van der Waals surface area (Å²) in [7, 11) is 1.60. The van der Waals surface area contributed by atoms with E-state index in [9.17, 15) is 4.79 Å². The van der Waals surface area contributed by atoms with Crippen LogP contribution in [0.4, 0.5) is 0 Å². The number of ether oxygens (including phenoxy) is 1. The molecule has 0 atom stereocenters. The van der Waals surface area contributed by atoms with Gasteiger partial charge in [-0.25, -0.2) is 4.79 Å². The molecule has 0 aromatic heterocycles. The third-order valence-corrected chi connectivity index (χ3v) is 5.30. The number of carboxylic acids is 1. The number of carboxylic acid groups (broad SMARTS) is 1. The molecule has 76 valence electrons. The lowest BCUT2D eigenvalue weighted by atomic mass is 10.3. The average molecular weight is 222 g/mol. The van der Waals surface area contributed by atoms with Crippen LogP contribution in [0.15, 0.2) is 0 Å². The molecule has 1 rings (SSSR count). The lowest BCUT2D eigenvalue weighted by Gasteiger charge is -2.31. The van der Waals surface area contributed by atoms with Gasteiger partial charge in [0.05, 0.1) is 0 Å². The SMILES string of the molecule is COCCC1(C(=O)O)SCCCS1. The second-order valence-corrected chi connectivity index (χ2v) is 5.90. The van der Waals surface area contributed by atoms with Gasteiger partial charge in [-0.3, -0.25) is 0 Å². The van der Waals surface area contributed by atoms with Crippen LogP contribution < -0.4 is 0 Å². The third kappa shape index (κ3) is 2.79. The van der Waals surface area contributed by atoms with Crippen molar-refractivity contribution in [2.75, 3.05) is 25.2 Å². The van der Waals surface area contributed by atoms with Gasteiger partial charge in [0, 0.05) is 20.1 Å². The summed E-state index contributed by atoms with van der Waals surface area (Å²) in [4.78, 5) is 11.1. The van der Waals surface area contributed by atoms with E-state index in [4.69, 9.17) is 9.84 Å². The monoisotopic (exact) mass is 222 g/mol. The van der Waals surface area contributed by atoms with Crippen molar-refractivity contribution in [2.24, 2.45) is 0 Å². The number of hydrogen-bond acceptors (Lipinski definition) is 4. The minimum Gasteiger partial charge on any atom is -0.480 e. The van der Waals surface area contributed by atoms with Gasteiger partial charge in [-0.15, -0.1) is 23.5 Å². The lowest BCUT2D eigenvalue weighted by molar-refractivity contribution is -0.137. The van der Waals surface area contributed by atoms with E-state index in [1.165, 1.54) is 0 Å². The molecule has 0 unspecified atom stereocenters. The Morgan fingerprint density at radius 3 is 2.62 bits per heavy atom. The van der Waals surface area contributed by atoms with Crippen molar-refractivity contribution in [3.63, 3.8) is 0 Å². The molecule has 1 saturated heterocycles. The van der Waals surface area contributed by atoms with Crippen LogP contribution in [0.25, 0.3) is 0 Å². The fraction of sp³-hybridized carbons (Fsp3) is 0.875. The van der Waals surface area contributed by atoms with Gasteiger partial charge in [0.2, 0.25) is 0 Å². The highest BCUT2D eigenvalue weighted by molar-refractivity contribution is 8.19. The Hall–Kier alpha value is 0.130. The van der Waals surface area contributed by atoms with Crippen LogP contribution in [-0.2, 0) is 9.53 Å². The van der Waals surface area contributed by atoms with Crippen LogP contribution >= 0.6 is 23.5 Å². The number of thioether (sulfide) groups is 2. The minimum atomic E-state index is -0.709. The van der Waals surface area contributed by atoms with E-state index in [-0.39, 0.29) is 0 Å². The zero-order valence-corrected chi connectivity index (χ0v) is 9.25. The Balaban J connectivity index is 2.56. The highest BCUT2D eigenvalue weighted by atomic mass is 32.2. The Labute approximate surface area is 86.6 Å². The van der Waals surface area contributed by atoms with Crippen LogP contribution in [0, 0.1) is 0 Å². The van der Waals surface area contributed by atoms with Gasteiger partial charge in [-0.1, -0.05) is 0 Å². The molecular weight excluding hydrogens is 208 g/mol. The maximum Gasteiger partial charge on any atom is 0.330 e. The molecule has 0 radical (unpaired) electrons. The van der Waals surface area contributed by atoms with Crippen LogP contribution in [0.2, 0.25) is 0 Å². The number of aliphatic carboxylic acids is 1. The van der Waals surface area contributed by atoms with Gasteiger partial charge >= 0.3 is 5.97 Å². The molecule has 1 heterocycles. The zero-order chi connectivity index (χ0) is 9.73. The van der Waals surface area contributed by atoms with Crippen LogP contribution in [0.1, 0.15) is 12.8 Å². The maximum atomic E-state index is 11.1. The van der Waals surface area contributed by atoms with Gasteiger partial charge in [-0.05, 0) is 17.9 Å². The van der Waals surface area contributed by atoms with Crippen LogP contribution in [-0.4, -0.2) is 40.4 Å². The molecule has 0 aliphatic carbocycles. The quantitative estimate of drug-likeness (QED) is 0.784. The molecule has 0 saturated carbocycles. The molecule has 5 heteroatoms. The van der Waals surface area contributed by atoms with E-state index in [1.54, 1.807) is 30.6 Å². The Morgan fingerprint density at radius 2 is 2.15 bits per heavy atom. The molecule has 1 aliphatic heterocycles. The fourth-order valence-corrected chi connectivity index (χ4v) is 4.14. The van der Waals surface area contributed by atoms with Crippen molar-refractivity contribution < 1.29 is 14.6 Å². The van der Waals surface area contributed by atoms with Gasteiger partial charge in [0.25, 0.3) is 0 Å². The largest absolute Gasteiger partial charge is 0.480 e. The molecule has 0 amide bonds. The number of hydrogen-bond donors (Lipinski definition) is 1. The standard InChI is InChI=1S/C8H14O3S2/c1-11-4-3-8(7(9)10)12-5-2-6-13-8/h2-6H2,1H3,(H,9,10). The fourth-order valence-electron chi connectivity index (χ4n) is 1.19. The summed E-state index contributed by atoms with van der Waals surface area (Å²) in [5.41, 5.74) is 0. The smallest absolute Gasteiger partial charge is 0.330 e. The summed E-state index contributed by atoms with van der Waals surface area (Å²) in [5.74, 6) is 1.19. The molecule has 0 spiro atoms. The van der Waals surface area contributed by atoms with Crippen molar-refractivity contribution in [3.8, 4) is 0 Å². The van der Waals surface area contributed by atoms with E-state index >= 15 is 0 Å². The maximum absolute atomic E-state index is 11.1. The zero-order valence-electron chi connectivity index (χ0n) is 7.62. The molecule has 0 aromatic rings. The summed E-state index contributed by atoms with van der Waals surface area (Å²) >= 11 is 3.08. The summed E-state index contributed by atoms with van der Waals surface area (Å²) in [6, 6.07) is 0. The van der Waals surface area contributed by atoms with Crippen LogP contribution in [0.5, 0.6) is 0 Å². The summed E-state index contributed by atoms with van der Waals surface area (Å²) in [5, 5.41) is 9.12. The summed E-state index contributed by atoms with van der Waals surface area (Å²) < 4.78 is 4.29. The normalized spacial score (nSPS) is 21.3. The van der Waals surface area contributed by atoms with Gasteiger partial charge in [0.15, 0.2) is 4.08 Å². The van der Waals surface area contributed by atoms with Crippen molar-refractivity contribution in [3.05, 3.63) is 0 Å². The molecule has 1 N–H and O–H groups in total. The van der Waals surface area contributed by atoms with Crippen molar-refractivity contribution in [1.29, 1.82) is 0 Å². The first kappa shape index (κ1) is 11.2. The topological polar surface area (TPSA) is 46.5 Å². The van der Waals surface area contributed by atoms with Crippen molar-refractivity contribution in [1.82, 2.24) is 0 Å². The number of rotatable bonds is 4. The average Bonchev–Trinajstić information content (AvgIpc) is 2.16. The van der Waals surface area contributed by atoms with E-state index < -0.39 is 10.0 Å². The van der Waals surface area contributed by atoms with Crippen molar-refractivity contribution in [2.45, 2.75) is 16.9 Å². The first-order valence-corrected chi connectivity index (χ1v) is 6.19. The van der Waals surface area contributed by atoms with Crippen molar-refractivity contribution >= 4 is 29.5 Å². The molecular formula is C8H14O3S2. The van der Waals surface area contributed by atoms with E-state index in [2.05, 4.69) is 0 Å². The molecule has 3 nitrogen and oxygen atoms in total. The molecule has 0 bridgehead atoms. The van der Waals surface area contributed by atoms with Crippen LogP contribution in [0.3, 0.4) is 0 Å². The van der Waals surface area contributed by atoms with Gasteiger partial charge in [0.1, 0.15) is 0 Å². The first-order chi connectivity index (χ1) is 6.21. The molecule has 13 heavy (non-hydrogen) atoms. The Bertz CT molecular complexity index is 178. The molecule has 1 fully saturated rings. The molecule has 1 aliphatic rings. The second kappa shape index (κ2) is 5.12. The predicted molar refractivity (Wildman–Crippen MR) is 56.4 cm³/mol. The van der Waals surface area contributed by atoms with Gasteiger partial charge in [-0.2, -0.15) is 0 Å². The lowest BCUT2D eigenvalue weighted by Crippen LogP contribution is -2.35. The second-order valence-electron chi connectivity index (χ2n) is 2.85. The highest BCUT2D eigenvalue weighted by Crippen LogP contribution is 2.44. The first-order valence-electron chi connectivity index (χ1n) is 4.21. The van der Waals surface area contributed by atoms with E-state index in [0.29, 0.717) is 13.0 Å². The predicted octanol–water partition coefficient (Wildman–Crippen LogP) is 1.67. The minimum absolute atomic E-state index is 0.520. The number of carbonyl (C=O) groups is 1. The highest BCUT2D eigenvalue weighted by Gasteiger charge is 2.41. The van der Waals surface area contributed by atoms with Gasteiger partial charge < -0.3 is 9.84 Å². The van der Waals surface area contributed by atoms with E-state index in [1.807, 2.05) is 0 Å². The number of methoxy groups -OCH3 is 1. The Morgan fingerprint density at radius 1 is 1.54 bits per heavy atom. The third-order valence-electron chi connectivity index (χ3n) is 1.92.